The van der Waals surface area contributed by atoms with Gasteiger partial charge in [-0.3, -0.25) is 4.79 Å². The number of anilines is 1. The molecule has 0 aromatic heterocycles. The van der Waals surface area contributed by atoms with Gasteiger partial charge in [0.25, 0.3) is 10.0 Å². The fourth-order valence-corrected chi connectivity index (χ4v) is 5.72. The van der Waals surface area contributed by atoms with Crippen molar-refractivity contribution in [2.24, 2.45) is 0 Å². The van der Waals surface area contributed by atoms with E-state index in [9.17, 15) is 13.2 Å². The molecule has 0 aliphatic carbocycles. The Morgan fingerprint density at radius 3 is 2.34 bits per heavy atom. The molecule has 6 heteroatoms. The van der Waals surface area contributed by atoms with E-state index in [0.29, 0.717) is 17.0 Å². The minimum Gasteiger partial charge on any atom is -0.497 e. The number of fused-ring (bicyclic) bond motifs is 1. The van der Waals surface area contributed by atoms with E-state index >= 15 is 0 Å². The molecule has 1 aliphatic heterocycles. The predicted molar refractivity (Wildman–Crippen MR) is 126 cm³/mol. The Labute approximate surface area is 189 Å². The van der Waals surface area contributed by atoms with Crippen LogP contribution in [0.2, 0.25) is 0 Å². The van der Waals surface area contributed by atoms with Gasteiger partial charge in [0.2, 0.25) is 5.91 Å². The number of rotatable bonds is 5. The molecule has 0 bridgehead atoms. The second-order valence-corrected chi connectivity index (χ2v) is 9.67. The first-order chi connectivity index (χ1) is 15.4. The Kier molecular flexibility index (Phi) is 5.89. The molecule has 1 heterocycles. The van der Waals surface area contributed by atoms with Crippen molar-refractivity contribution in [1.29, 1.82) is 0 Å². The van der Waals surface area contributed by atoms with Crippen LogP contribution < -0.4 is 9.04 Å². The van der Waals surface area contributed by atoms with Crippen LogP contribution >= 0.6 is 0 Å². The highest BCUT2D eigenvalue weighted by atomic mass is 32.2. The Morgan fingerprint density at radius 1 is 1.03 bits per heavy atom. The maximum atomic E-state index is 13.7. The number of carbonyl (C=O) groups excluding carboxylic acids is 1. The smallest absolute Gasteiger partial charge is 0.270 e. The van der Waals surface area contributed by atoms with Gasteiger partial charge in [0.15, 0.2) is 0 Å². The van der Waals surface area contributed by atoms with Crippen LogP contribution in [-0.4, -0.2) is 21.4 Å². The minimum atomic E-state index is -4.11. The molecule has 2 atom stereocenters. The number of nitrogens with zero attached hydrogens (tertiary/aromatic N) is 1. The molecule has 0 fully saturated rings. The van der Waals surface area contributed by atoms with Crippen LogP contribution in [0.1, 0.15) is 34.9 Å². The lowest BCUT2D eigenvalue weighted by Crippen LogP contribution is -2.37. The second-order valence-electron chi connectivity index (χ2n) is 7.88. The number of hydrogen-bond donors (Lipinski definition) is 0. The van der Waals surface area contributed by atoms with E-state index in [1.807, 2.05) is 37.3 Å². The zero-order chi connectivity index (χ0) is 22.9. The molecule has 32 heavy (non-hydrogen) atoms. The van der Waals surface area contributed by atoms with E-state index in [1.165, 1.54) is 12.1 Å². The van der Waals surface area contributed by atoms with Crippen LogP contribution in [-0.2, 0) is 14.8 Å². The summed E-state index contributed by atoms with van der Waals surface area (Å²) in [5.41, 5.74) is 2.91. The lowest BCUT2D eigenvalue weighted by atomic mass is 9.80. The Hall–Kier alpha value is -3.38. The zero-order valence-electron chi connectivity index (χ0n) is 18.1. The van der Waals surface area contributed by atoms with Crippen LogP contribution in [0.15, 0.2) is 90.3 Å². The predicted octanol–water partition coefficient (Wildman–Crippen LogP) is 5.18. The number of aryl methyl sites for hydroxylation is 1. The van der Waals surface area contributed by atoms with E-state index < -0.39 is 15.9 Å². The van der Waals surface area contributed by atoms with Crippen LogP contribution in [0.3, 0.4) is 0 Å². The average Bonchev–Trinajstić information content (AvgIpc) is 2.93. The van der Waals surface area contributed by atoms with E-state index in [-0.39, 0.29) is 23.2 Å². The first-order valence-electron chi connectivity index (χ1n) is 10.4. The molecule has 1 amide bonds. The molecule has 0 saturated carbocycles. The zero-order valence-corrected chi connectivity index (χ0v) is 18.9. The third-order valence-corrected chi connectivity index (χ3v) is 7.66. The minimum absolute atomic E-state index is 0.0305. The fraction of sp³-hybridized carbons (Fsp3) is 0.192. The summed E-state index contributed by atoms with van der Waals surface area (Å²) in [5.74, 6) is -0.422. The fourth-order valence-electron chi connectivity index (χ4n) is 4.26. The highest BCUT2D eigenvalue weighted by Crippen LogP contribution is 2.46. The summed E-state index contributed by atoms with van der Waals surface area (Å²) >= 11 is 0. The Morgan fingerprint density at radius 2 is 1.72 bits per heavy atom. The highest BCUT2D eigenvalue weighted by Gasteiger charge is 2.40. The molecule has 1 aliphatic rings. The quantitative estimate of drug-likeness (QED) is 0.506. The summed E-state index contributed by atoms with van der Waals surface area (Å²) in [7, 11) is -2.56. The summed E-state index contributed by atoms with van der Waals surface area (Å²) in [6, 6.07) is 21.3. The van der Waals surface area contributed by atoms with Gasteiger partial charge in [-0.25, -0.2) is 12.7 Å². The molecule has 0 saturated heterocycles. The van der Waals surface area contributed by atoms with Crippen LogP contribution in [0.25, 0.3) is 0 Å². The van der Waals surface area contributed by atoms with Gasteiger partial charge in [0.1, 0.15) is 5.75 Å². The lowest BCUT2D eigenvalue weighted by molar-refractivity contribution is -0.117. The average molecular weight is 448 g/mol. The van der Waals surface area contributed by atoms with Crippen molar-refractivity contribution in [1.82, 2.24) is 0 Å². The first-order valence-corrected chi connectivity index (χ1v) is 11.8. The SMILES string of the molecule is C=C[C@H]1c2cc(OC)ccc2N(S(=O)(=O)c2ccc(C)cc2)C(=O)C[C@@H]1c1ccccc1. The van der Waals surface area contributed by atoms with Crippen molar-refractivity contribution in [2.45, 2.75) is 30.1 Å². The third-order valence-electron chi connectivity index (χ3n) is 5.91. The van der Waals surface area contributed by atoms with Gasteiger partial charge in [-0.15, -0.1) is 6.58 Å². The number of benzene rings is 3. The third kappa shape index (κ3) is 3.82. The number of carbonyl (C=O) groups is 1. The van der Waals surface area contributed by atoms with Gasteiger partial charge in [0, 0.05) is 18.3 Å². The van der Waals surface area contributed by atoms with Crippen LogP contribution in [0, 0.1) is 6.92 Å². The van der Waals surface area contributed by atoms with E-state index in [1.54, 1.807) is 43.5 Å². The van der Waals surface area contributed by atoms with Crippen molar-refractivity contribution >= 4 is 21.6 Å². The molecular weight excluding hydrogens is 422 g/mol. The molecule has 0 unspecified atom stereocenters. The second kappa shape index (κ2) is 8.63. The summed E-state index contributed by atoms with van der Waals surface area (Å²) in [4.78, 5) is 13.6. The number of methoxy groups -OCH3 is 1. The number of sulfonamides is 1. The van der Waals surface area contributed by atoms with E-state index in [4.69, 9.17) is 4.74 Å². The largest absolute Gasteiger partial charge is 0.497 e. The number of hydrogen-bond acceptors (Lipinski definition) is 4. The molecule has 5 nitrogen and oxygen atoms in total. The van der Waals surface area contributed by atoms with Gasteiger partial charge in [0.05, 0.1) is 17.7 Å². The van der Waals surface area contributed by atoms with E-state index in [2.05, 4.69) is 6.58 Å². The molecule has 164 valence electrons. The summed E-state index contributed by atoms with van der Waals surface area (Å²) in [6.45, 7) is 5.90. The van der Waals surface area contributed by atoms with Crippen molar-refractivity contribution in [3.05, 3.63) is 102 Å². The lowest BCUT2D eigenvalue weighted by Gasteiger charge is -2.24. The van der Waals surface area contributed by atoms with E-state index in [0.717, 1.165) is 15.4 Å². The standard InChI is InChI=1S/C26H25NO4S/c1-4-22-23(19-8-6-5-7-9-19)17-26(28)27(25-15-12-20(31-3)16-24(22)25)32(29,30)21-13-10-18(2)11-14-21/h4-16,22-23H,1,17H2,2-3H3/t22-,23-/m1/s1. The van der Waals surface area contributed by atoms with Gasteiger partial charge in [-0.2, -0.15) is 0 Å². The molecule has 4 rings (SSSR count). The maximum Gasteiger partial charge on any atom is 0.270 e. The topological polar surface area (TPSA) is 63.7 Å². The first kappa shape index (κ1) is 21.8. The number of amides is 1. The van der Waals surface area contributed by atoms with Gasteiger partial charge >= 0.3 is 0 Å². The van der Waals surface area contributed by atoms with Gasteiger partial charge < -0.3 is 4.74 Å². The molecule has 0 spiro atoms. The molecule has 0 N–H and O–H groups in total. The summed E-state index contributed by atoms with van der Waals surface area (Å²) in [5, 5.41) is 0. The highest BCUT2D eigenvalue weighted by molar-refractivity contribution is 7.93. The number of allylic oxidation sites excluding steroid dienone is 1. The molecule has 3 aromatic rings. The van der Waals surface area contributed by atoms with Crippen molar-refractivity contribution in [3.63, 3.8) is 0 Å². The number of ether oxygens (including phenoxy) is 1. The van der Waals surface area contributed by atoms with Crippen LogP contribution in [0.4, 0.5) is 5.69 Å². The monoisotopic (exact) mass is 447 g/mol. The molecular formula is C26H25NO4S. The summed E-state index contributed by atoms with van der Waals surface area (Å²) in [6.07, 6.45) is 1.81. The van der Waals surface area contributed by atoms with Gasteiger partial charge in [-0.1, -0.05) is 54.1 Å². The van der Waals surface area contributed by atoms with Crippen molar-refractivity contribution < 1.29 is 17.9 Å². The molecule has 3 aromatic carbocycles. The Balaban J connectivity index is 1.94. The summed E-state index contributed by atoms with van der Waals surface area (Å²) < 4.78 is 33.7. The molecule has 0 radical (unpaired) electrons. The maximum absolute atomic E-state index is 13.7. The van der Waals surface area contributed by atoms with Crippen LogP contribution in [0.5, 0.6) is 5.75 Å². The van der Waals surface area contributed by atoms with Gasteiger partial charge in [-0.05, 0) is 48.4 Å². The normalized spacial score (nSPS) is 18.6. The van der Waals surface area contributed by atoms with Crippen molar-refractivity contribution in [2.75, 3.05) is 11.4 Å². The van der Waals surface area contributed by atoms with Crippen molar-refractivity contribution in [3.8, 4) is 5.75 Å². The Bertz CT molecular complexity index is 1250.